The summed E-state index contributed by atoms with van der Waals surface area (Å²) in [7, 11) is 0. The Morgan fingerprint density at radius 3 is 2.50 bits per heavy atom. The van der Waals surface area contributed by atoms with E-state index in [1.54, 1.807) is 30.5 Å². The van der Waals surface area contributed by atoms with Crippen LogP contribution in [0.5, 0.6) is 0 Å². The first-order chi connectivity index (χ1) is 17.4. The Balaban J connectivity index is 1.67. The Morgan fingerprint density at radius 1 is 1.11 bits per heavy atom. The predicted octanol–water partition coefficient (Wildman–Crippen LogP) is 5.74. The van der Waals surface area contributed by atoms with Crippen molar-refractivity contribution in [2.75, 3.05) is 0 Å². The Labute approximate surface area is 209 Å². The van der Waals surface area contributed by atoms with Gasteiger partial charge in [-0.3, -0.25) is 9.74 Å². The van der Waals surface area contributed by atoms with Gasteiger partial charge in [0.2, 0.25) is 0 Å². The summed E-state index contributed by atoms with van der Waals surface area (Å²) in [4.78, 5) is 33.9. The van der Waals surface area contributed by atoms with Crippen molar-refractivity contribution < 1.29 is 23.5 Å². The normalized spacial score (nSPS) is 13.0. The number of amides is 1. The second-order valence-corrected chi connectivity index (χ2v) is 9.14. The highest BCUT2D eigenvalue weighted by Crippen LogP contribution is 2.28. The van der Waals surface area contributed by atoms with Crippen molar-refractivity contribution in [2.45, 2.75) is 58.0 Å². The first-order valence-electron chi connectivity index (χ1n) is 12.1. The Bertz CT molecular complexity index is 1330. The van der Waals surface area contributed by atoms with Crippen molar-refractivity contribution in [2.24, 2.45) is 0 Å². The summed E-state index contributed by atoms with van der Waals surface area (Å²) in [5.74, 6) is -0.0389. The van der Waals surface area contributed by atoms with E-state index in [4.69, 9.17) is 9.40 Å². The SMILES string of the molecule is CCC(CC)n1c(Cc2ccco2)nc2cc(C(=O)NC(C)(Cc3ccccc3)C(=O)OF)ccc21. The number of carbonyl (C=O) groups is 2. The molecule has 0 spiro atoms. The third-order valence-corrected chi connectivity index (χ3v) is 6.56. The molecule has 0 aliphatic carbocycles. The highest BCUT2D eigenvalue weighted by molar-refractivity contribution is 6.00. The summed E-state index contributed by atoms with van der Waals surface area (Å²) in [5, 5.41) is 2.67. The third kappa shape index (κ3) is 5.17. The maximum atomic E-state index is 13.2. The number of nitrogens with one attached hydrogen (secondary N) is 1. The second kappa shape index (κ2) is 10.8. The van der Waals surface area contributed by atoms with E-state index in [9.17, 15) is 14.1 Å². The third-order valence-electron chi connectivity index (χ3n) is 6.56. The van der Waals surface area contributed by atoms with Crippen molar-refractivity contribution >= 4 is 22.9 Å². The van der Waals surface area contributed by atoms with Gasteiger partial charge in [-0.1, -0.05) is 44.2 Å². The predicted molar refractivity (Wildman–Crippen MR) is 134 cm³/mol. The molecule has 1 unspecified atom stereocenters. The van der Waals surface area contributed by atoms with Gasteiger partial charge in [-0.25, -0.2) is 9.78 Å². The minimum Gasteiger partial charge on any atom is -0.469 e. The number of aromatic nitrogens is 2. The van der Waals surface area contributed by atoms with Gasteiger partial charge in [0.05, 0.1) is 23.7 Å². The van der Waals surface area contributed by atoms with E-state index in [1.807, 2.05) is 36.4 Å². The average Bonchev–Trinajstić information content (AvgIpc) is 3.52. The summed E-state index contributed by atoms with van der Waals surface area (Å²) >= 11 is 0. The summed E-state index contributed by atoms with van der Waals surface area (Å²) in [6.45, 7) is 5.72. The minimum absolute atomic E-state index is 0.0706. The van der Waals surface area contributed by atoms with Gasteiger partial charge < -0.3 is 14.3 Å². The maximum absolute atomic E-state index is 13.2. The minimum atomic E-state index is -1.60. The summed E-state index contributed by atoms with van der Waals surface area (Å²) in [6, 6.07) is 18.3. The zero-order valence-corrected chi connectivity index (χ0v) is 20.7. The molecular weight excluding hydrogens is 461 g/mol. The number of benzene rings is 2. The quantitative estimate of drug-likeness (QED) is 0.306. The molecule has 1 amide bonds. The van der Waals surface area contributed by atoms with Crippen LogP contribution in [0.15, 0.2) is 71.3 Å². The number of furan rings is 1. The summed E-state index contributed by atoms with van der Waals surface area (Å²) in [5.41, 5.74) is 1.05. The van der Waals surface area contributed by atoms with Crippen molar-refractivity contribution in [3.05, 3.63) is 89.6 Å². The molecule has 0 aliphatic heterocycles. The van der Waals surface area contributed by atoms with Crippen LogP contribution in [-0.4, -0.2) is 27.0 Å². The second-order valence-electron chi connectivity index (χ2n) is 9.14. The molecule has 2 heterocycles. The topological polar surface area (TPSA) is 86.4 Å². The number of fused-ring (bicyclic) bond motifs is 1. The van der Waals surface area contributed by atoms with Crippen LogP contribution in [-0.2, 0) is 22.6 Å². The zero-order chi connectivity index (χ0) is 25.7. The summed E-state index contributed by atoms with van der Waals surface area (Å²) < 4.78 is 20.7. The maximum Gasteiger partial charge on any atom is 0.373 e. The van der Waals surface area contributed by atoms with Crippen molar-refractivity contribution in [1.29, 1.82) is 0 Å². The monoisotopic (exact) mass is 491 g/mol. The zero-order valence-electron chi connectivity index (χ0n) is 20.7. The van der Waals surface area contributed by atoms with Crippen LogP contribution in [0.25, 0.3) is 11.0 Å². The lowest BCUT2D eigenvalue weighted by molar-refractivity contribution is -0.191. The highest BCUT2D eigenvalue weighted by atomic mass is 19.3. The van der Waals surface area contributed by atoms with Crippen LogP contribution in [0.1, 0.15) is 67.2 Å². The van der Waals surface area contributed by atoms with Crippen LogP contribution in [0.3, 0.4) is 0 Å². The molecule has 0 bridgehead atoms. The van der Waals surface area contributed by atoms with Gasteiger partial charge in [-0.05, 0) is 55.7 Å². The molecule has 0 radical (unpaired) electrons. The van der Waals surface area contributed by atoms with Crippen LogP contribution in [0, 0.1) is 0 Å². The van der Waals surface area contributed by atoms with Crippen molar-refractivity contribution in [3.63, 3.8) is 0 Å². The lowest BCUT2D eigenvalue weighted by atomic mass is 9.92. The lowest BCUT2D eigenvalue weighted by Crippen LogP contribution is -2.54. The number of carbonyl (C=O) groups excluding carboxylic acids is 2. The summed E-state index contributed by atoms with van der Waals surface area (Å²) in [6.07, 6.45) is 4.09. The van der Waals surface area contributed by atoms with E-state index in [0.717, 1.165) is 35.5 Å². The van der Waals surface area contributed by atoms with E-state index in [0.29, 0.717) is 17.5 Å². The number of rotatable bonds is 10. The van der Waals surface area contributed by atoms with Gasteiger partial charge in [0.15, 0.2) is 0 Å². The van der Waals surface area contributed by atoms with E-state index in [-0.39, 0.29) is 12.5 Å². The van der Waals surface area contributed by atoms with Crippen LogP contribution in [0.4, 0.5) is 4.53 Å². The van der Waals surface area contributed by atoms with E-state index >= 15 is 0 Å². The van der Waals surface area contributed by atoms with Gasteiger partial charge in [0, 0.05) is 22.6 Å². The molecule has 1 atom stereocenters. The lowest BCUT2D eigenvalue weighted by Gasteiger charge is -2.26. The van der Waals surface area contributed by atoms with E-state index < -0.39 is 17.4 Å². The van der Waals surface area contributed by atoms with Crippen LogP contribution < -0.4 is 5.32 Å². The van der Waals surface area contributed by atoms with Crippen molar-refractivity contribution in [3.8, 4) is 0 Å². The smallest absolute Gasteiger partial charge is 0.373 e. The number of hydrogen-bond donors (Lipinski definition) is 1. The molecule has 7 nitrogen and oxygen atoms in total. The standard InChI is InChI=1S/C28H30FN3O4/c1-4-21(5-2)32-24-14-13-20(16-23(24)30-25(32)17-22-12-9-15-35-22)26(33)31-28(3,27(34)36-29)18-19-10-7-6-8-11-19/h6-16,21H,4-5,17-18H2,1-3H3,(H,31,33). The highest BCUT2D eigenvalue weighted by Gasteiger charge is 2.38. The molecule has 36 heavy (non-hydrogen) atoms. The molecule has 8 heteroatoms. The fraction of sp³-hybridized carbons (Fsp3) is 0.321. The van der Waals surface area contributed by atoms with Crippen LogP contribution in [0.2, 0.25) is 0 Å². The fourth-order valence-corrected chi connectivity index (χ4v) is 4.62. The van der Waals surface area contributed by atoms with Gasteiger partial charge in [0.1, 0.15) is 17.1 Å². The Hall–Kier alpha value is -3.94. The fourth-order valence-electron chi connectivity index (χ4n) is 4.62. The molecular formula is C28H30FN3O4. The van der Waals surface area contributed by atoms with E-state index in [2.05, 4.69) is 28.7 Å². The largest absolute Gasteiger partial charge is 0.469 e. The molecule has 4 aromatic rings. The number of hydrogen-bond acceptors (Lipinski definition) is 5. The molecule has 2 aromatic carbocycles. The molecule has 0 aliphatic rings. The first-order valence-corrected chi connectivity index (χ1v) is 12.1. The Morgan fingerprint density at radius 2 is 1.86 bits per heavy atom. The molecule has 188 valence electrons. The van der Waals surface area contributed by atoms with Gasteiger partial charge in [-0.2, -0.15) is 0 Å². The first kappa shape index (κ1) is 25.2. The van der Waals surface area contributed by atoms with Crippen molar-refractivity contribution in [1.82, 2.24) is 14.9 Å². The van der Waals surface area contributed by atoms with Gasteiger partial charge in [0.25, 0.3) is 5.91 Å². The molecule has 4 rings (SSSR count). The number of halogens is 1. The molecule has 1 N–H and O–H groups in total. The molecule has 0 saturated carbocycles. The number of nitrogens with zero attached hydrogens (tertiary/aromatic N) is 2. The van der Waals surface area contributed by atoms with Gasteiger partial charge in [-0.15, -0.1) is 0 Å². The molecule has 2 aromatic heterocycles. The number of imidazole rings is 1. The van der Waals surface area contributed by atoms with E-state index in [1.165, 1.54) is 6.92 Å². The van der Waals surface area contributed by atoms with Crippen LogP contribution >= 0.6 is 0 Å². The van der Waals surface area contributed by atoms with Gasteiger partial charge >= 0.3 is 5.97 Å². The Kier molecular flexibility index (Phi) is 7.52. The molecule has 0 fully saturated rings. The molecule has 0 saturated heterocycles. The average molecular weight is 492 g/mol.